The summed E-state index contributed by atoms with van der Waals surface area (Å²) < 4.78 is 69.5. The predicted octanol–water partition coefficient (Wildman–Crippen LogP) is 3.81. The molecular weight excluding hydrogens is 548 g/mol. The molecule has 2 aliphatic heterocycles. The smallest absolute Gasteiger partial charge is 0.475 e. The van der Waals surface area contributed by atoms with Crippen LogP contribution in [0.25, 0.3) is 0 Å². The number of nitrogens with zero attached hydrogens (tertiary/aromatic N) is 3. The number of morpholine rings is 1. The molecule has 2 N–H and O–H groups in total. The summed E-state index contributed by atoms with van der Waals surface area (Å²) >= 11 is 1.62. The second-order valence-corrected chi connectivity index (χ2v) is 8.92. The number of aliphatic carboxylic acids is 2. The first kappa shape index (κ1) is 31.0. The molecule has 38 heavy (non-hydrogen) atoms. The molecule has 2 saturated heterocycles. The van der Waals surface area contributed by atoms with Crippen LogP contribution < -0.4 is 4.90 Å². The standard InChI is InChI=1S/C18H21N3O2S.2C2HF3O2/c22-17-12-23-18(14-21(17)16-4-10-24-13-16)5-8-20(9-6-18)11-15-3-1-2-7-19-15;2*3-2(4,5)1(6)7/h1-4,7,10,13H,5-6,8-9,11-12,14H2;2*(H,6,7). The molecule has 2 aromatic rings. The lowest BCUT2D eigenvalue weighted by Gasteiger charge is -2.46. The van der Waals surface area contributed by atoms with Crippen LogP contribution in [0.3, 0.4) is 0 Å². The Morgan fingerprint density at radius 2 is 1.61 bits per heavy atom. The maximum absolute atomic E-state index is 12.2. The van der Waals surface area contributed by atoms with E-state index < -0.39 is 24.3 Å². The Hall–Kier alpha value is -3.24. The van der Waals surface area contributed by atoms with Crippen LogP contribution in [0.5, 0.6) is 0 Å². The lowest BCUT2D eigenvalue weighted by atomic mass is 9.89. The fourth-order valence-corrected chi connectivity index (χ4v) is 4.14. The molecule has 1 amide bonds. The third-order valence-corrected chi connectivity index (χ3v) is 6.10. The SMILES string of the molecule is O=C(O)C(F)(F)F.O=C(O)C(F)(F)F.O=C1COC2(CCN(Cc3ccccn3)CC2)CN1c1ccsc1. The molecule has 16 heteroatoms. The number of ether oxygens (including phenoxy) is 1. The normalized spacial score (nSPS) is 17.6. The first-order valence-corrected chi connectivity index (χ1v) is 11.8. The van der Waals surface area contributed by atoms with Crippen molar-refractivity contribution >= 4 is 34.9 Å². The Kier molecular flexibility index (Phi) is 10.6. The summed E-state index contributed by atoms with van der Waals surface area (Å²) in [4.78, 5) is 38.7. The lowest BCUT2D eigenvalue weighted by molar-refractivity contribution is -0.193. The van der Waals surface area contributed by atoms with Crippen molar-refractivity contribution in [2.24, 2.45) is 0 Å². The number of hydrogen-bond donors (Lipinski definition) is 2. The maximum atomic E-state index is 12.2. The van der Waals surface area contributed by atoms with Gasteiger partial charge in [0.05, 0.1) is 23.5 Å². The number of halogens is 6. The van der Waals surface area contributed by atoms with Gasteiger partial charge in [-0.3, -0.25) is 14.7 Å². The summed E-state index contributed by atoms with van der Waals surface area (Å²) in [5.74, 6) is -5.45. The van der Waals surface area contributed by atoms with Crippen molar-refractivity contribution in [2.75, 3.05) is 31.1 Å². The number of anilines is 1. The number of carbonyl (C=O) groups excluding carboxylic acids is 1. The number of carboxylic acid groups (broad SMARTS) is 2. The van der Waals surface area contributed by atoms with Crippen LogP contribution in [0.1, 0.15) is 18.5 Å². The number of hydrogen-bond acceptors (Lipinski definition) is 7. The molecule has 4 rings (SSSR count). The number of likely N-dealkylation sites (tertiary alicyclic amines) is 1. The molecule has 0 unspecified atom stereocenters. The monoisotopic (exact) mass is 571 g/mol. The van der Waals surface area contributed by atoms with Crippen LogP contribution in [0.2, 0.25) is 0 Å². The van der Waals surface area contributed by atoms with Gasteiger partial charge in [0.2, 0.25) is 0 Å². The van der Waals surface area contributed by atoms with E-state index in [1.807, 2.05) is 40.1 Å². The minimum absolute atomic E-state index is 0.0648. The van der Waals surface area contributed by atoms with Crippen LogP contribution in [0.15, 0.2) is 41.2 Å². The Morgan fingerprint density at radius 1 is 1.03 bits per heavy atom. The highest BCUT2D eigenvalue weighted by molar-refractivity contribution is 7.08. The maximum Gasteiger partial charge on any atom is 0.490 e. The van der Waals surface area contributed by atoms with E-state index >= 15 is 0 Å². The van der Waals surface area contributed by atoms with E-state index in [0.717, 1.165) is 43.9 Å². The minimum atomic E-state index is -5.08. The van der Waals surface area contributed by atoms with Gasteiger partial charge in [0.15, 0.2) is 0 Å². The van der Waals surface area contributed by atoms with E-state index in [0.29, 0.717) is 6.54 Å². The molecule has 1 spiro atoms. The van der Waals surface area contributed by atoms with Crippen LogP contribution in [-0.2, 0) is 25.7 Å². The lowest BCUT2D eigenvalue weighted by Crippen LogP contribution is -2.58. The predicted molar refractivity (Wildman–Crippen MR) is 121 cm³/mol. The zero-order chi connectivity index (χ0) is 28.6. The third kappa shape index (κ3) is 9.57. The summed E-state index contributed by atoms with van der Waals surface area (Å²) in [6.45, 7) is 3.69. The molecule has 0 aromatic carbocycles. The summed E-state index contributed by atoms with van der Waals surface area (Å²) in [6, 6.07) is 8.05. The number of carboxylic acids is 2. The molecule has 0 bridgehead atoms. The number of aromatic nitrogens is 1. The summed E-state index contributed by atoms with van der Waals surface area (Å²) in [7, 11) is 0. The second-order valence-electron chi connectivity index (χ2n) is 8.14. The zero-order valence-electron chi connectivity index (χ0n) is 19.5. The molecule has 9 nitrogen and oxygen atoms in total. The van der Waals surface area contributed by atoms with E-state index in [4.69, 9.17) is 24.5 Å². The highest BCUT2D eigenvalue weighted by atomic mass is 32.1. The van der Waals surface area contributed by atoms with Crippen LogP contribution in [-0.4, -0.2) is 82.1 Å². The average Bonchev–Trinajstić information content (AvgIpc) is 3.38. The molecule has 2 aromatic heterocycles. The van der Waals surface area contributed by atoms with Gasteiger partial charge in [0.1, 0.15) is 6.61 Å². The number of alkyl halides is 6. The van der Waals surface area contributed by atoms with E-state index in [9.17, 15) is 31.1 Å². The first-order valence-electron chi connectivity index (χ1n) is 10.8. The first-order chi connectivity index (χ1) is 17.6. The van der Waals surface area contributed by atoms with E-state index in [1.165, 1.54) is 0 Å². The largest absolute Gasteiger partial charge is 0.490 e. The van der Waals surface area contributed by atoms with Crippen molar-refractivity contribution in [3.63, 3.8) is 0 Å². The van der Waals surface area contributed by atoms with Gasteiger partial charge >= 0.3 is 24.3 Å². The number of piperidine rings is 1. The third-order valence-electron chi connectivity index (χ3n) is 5.43. The van der Waals surface area contributed by atoms with Gasteiger partial charge in [-0.05, 0) is 36.4 Å². The van der Waals surface area contributed by atoms with Crippen molar-refractivity contribution in [1.29, 1.82) is 0 Å². The highest BCUT2D eigenvalue weighted by Gasteiger charge is 2.43. The number of amides is 1. The van der Waals surface area contributed by atoms with Gasteiger partial charge in [-0.25, -0.2) is 9.59 Å². The van der Waals surface area contributed by atoms with Crippen LogP contribution in [0, 0.1) is 0 Å². The Labute approximate surface area is 216 Å². The molecule has 0 atom stereocenters. The van der Waals surface area contributed by atoms with Gasteiger partial charge in [-0.2, -0.15) is 37.7 Å². The van der Waals surface area contributed by atoms with E-state index in [1.54, 1.807) is 11.3 Å². The van der Waals surface area contributed by atoms with E-state index in [-0.39, 0.29) is 18.1 Å². The van der Waals surface area contributed by atoms with Gasteiger partial charge in [0.25, 0.3) is 5.91 Å². The molecule has 0 aliphatic carbocycles. The molecular formula is C22H23F6N3O6S. The summed E-state index contributed by atoms with van der Waals surface area (Å²) in [6.07, 6.45) is -6.42. The highest BCUT2D eigenvalue weighted by Crippen LogP contribution is 2.33. The fraction of sp³-hybridized carbons (Fsp3) is 0.455. The zero-order valence-corrected chi connectivity index (χ0v) is 20.4. The van der Waals surface area contributed by atoms with Gasteiger partial charge < -0.3 is 19.8 Å². The number of thiophene rings is 1. The molecule has 4 heterocycles. The van der Waals surface area contributed by atoms with E-state index in [2.05, 4.69) is 16.0 Å². The molecule has 2 aliphatic rings. The quantitative estimate of drug-likeness (QED) is 0.534. The molecule has 0 saturated carbocycles. The second kappa shape index (κ2) is 13.0. The van der Waals surface area contributed by atoms with Gasteiger partial charge in [-0.1, -0.05) is 6.07 Å². The summed E-state index contributed by atoms with van der Waals surface area (Å²) in [5, 5.41) is 18.3. The van der Waals surface area contributed by atoms with Crippen molar-refractivity contribution in [3.8, 4) is 0 Å². The number of carbonyl (C=O) groups is 3. The van der Waals surface area contributed by atoms with Crippen molar-refractivity contribution < 1.29 is 55.7 Å². The topological polar surface area (TPSA) is 120 Å². The Bertz CT molecular complexity index is 1030. The molecule has 0 radical (unpaired) electrons. The molecule has 210 valence electrons. The minimum Gasteiger partial charge on any atom is -0.475 e. The molecule has 2 fully saturated rings. The van der Waals surface area contributed by atoms with Crippen LogP contribution in [0.4, 0.5) is 32.0 Å². The number of pyridine rings is 1. The van der Waals surface area contributed by atoms with Crippen LogP contribution >= 0.6 is 11.3 Å². The van der Waals surface area contributed by atoms with Crippen molar-refractivity contribution in [2.45, 2.75) is 37.3 Å². The van der Waals surface area contributed by atoms with Crippen molar-refractivity contribution in [1.82, 2.24) is 9.88 Å². The Morgan fingerprint density at radius 3 is 2.05 bits per heavy atom. The van der Waals surface area contributed by atoms with Crippen molar-refractivity contribution in [3.05, 3.63) is 46.9 Å². The average molecular weight is 571 g/mol. The summed E-state index contributed by atoms with van der Waals surface area (Å²) in [5.41, 5.74) is 1.91. The van der Waals surface area contributed by atoms with Gasteiger partial charge in [-0.15, -0.1) is 0 Å². The Balaban J connectivity index is 0.000000301. The van der Waals surface area contributed by atoms with Gasteiger partial charge in [0, 0.05) is 31.2 Å². The fourth-order valence-electron chi connectivity index (χ4n) is 3.50. The number of rotatable bonds is 3.